The SMILES string of the molecule is CC(C)(C)OC(=O)N1CC(O[Si](C)(C)C(C)(C)C)C2N=CC(c3c[nH]c4cc(F)ccc34)C21. The fraction of sp³-hybridized carbons (Fsp3) is 0.600. The van der Waals surface area contributed by atoms with E-state index in [2.05, 4.69) is 38.8 Å². The van der Waals surface area contributed by atoms with Gasteiger partial charge in [-0.2, -0.15) is 0 Å². The van der Waals surface area contributed by atoms with Gasteiger partial charge in [-0.15, -0.1) is 0 Å². The Kier molecular flexibility index (Phi) is 5.76. The maximum absolute atomic E-state index is 13.7. The van der Waals surface area contributed by atoms with Crippen molar-refractivity contribution >= 4 is 31.5 Å². The van der Waals surface area contributed by atoms with Crippen molar-refractivity contribution in [2.24, 2.45) is 4.99 Å². The molecule has 0 aliphatic carbocycles. The molecule has 1 saturated heterocycles. The molecule has 180 valence electrons. The number of carbonyl (C=O) groups is 1. The summed E-state index contributed by atoms with van der Waals surface area (Å²) in [5.74, 6) is -0.414. The molecule has 4 rings (SSSR count). The van der Waals surface area contributed by atoms with Crippen LogP contribution in [-0.4, -0.2) is 60.8 Å². The minimum Gasteiger partial charge on any atom is -0.444 e. The third-order valence-electron chi connectivity index (χ3n) is 7.17. The van der Waals surface area contributed by atoms with Gasteiger partial charge in [-0.1, -0.05) is 20.8 Å². The molecule has 3 heterocycles. The molecule has 6 nitrogen and oxygen atoms in total. The molecule has 2 aliphatic rings. The third-order valence-corrected chi connectivity index (χ3v) is 11.7. The lowest BCUT2D eigenvalue weighted by molar-refractivity contribution is 0.0206. The van der Waals surface area contributed by atoms with Crippen molar-refractivity contribution in [3.8, 4) is 0 Å². The van der Waals surface area contributed by atoms with Gasteiger partial charge in [0.2, 0.25) is 0 Å². The summed E-state index contributed by atoms with van der Waals surface area (Å²) in [7, 11) is -2.08. The lowest BCUT2D eigenvalue weighted by Crippen LogP contribution is -2.47. The zero-order chi connectivity index (χ0) is 24.3. The lowest BCUT2D eigenvalue weighted by atomic mass is 9.90. The van der Waals surface area contributed by atoms with E-state index in [-0.39, 0.29) is 41.1 Å². The van der Waals surface area contributed by atoms with Crippen LogP contribution in [0, 0.1) is 5.82 Å². The predicted octanol–water partition coefficient (Wildman–Crippen LogP) is 5.85. The van der Waals surface area contributed by atoms with Gasteiger partial charge >= 0.3 is 6.09 Å². The minimum atomic E-state index is -2.08. The van der Waals surface area contributed by atoms with Gasteiger partial charge < -0.3 is 14.1 Å². The van der Waals surface area contributed by atoms with Crippen molar-refractivity contribution in [2.45, 2.75) is 89.4 Å². The van der Waals surface area contributed by atoms with E-state index < -0.39 is 13.9 Å². The Morgan fingerprint density at radius 1 is 1.21 bits per heavy atom. The molecular weight excluding hydrogens is 437 g/mol. The van der Waals surface area contributed by atoms with Crippen molar-refractivity contribution in [2.75, 3.05) is 6.54 Å². The summed E-state index contributed by atoms with van der Waals surface area (Å²) in [5, 5.41) is 0.983. The molecule has 4 atom stereocenters. The predicted molar refractivity (Wildman–Crippen MR) is 132 cm³/mol. The quantitative estimate of drug-likeness (QED) is 0.568. The number of aromatic amines is 1. The Morgan fingerprint density at radius 3 is 2.55 bits per heavy atom. The highest BCUT2D eigenvalue weighted by Gasteiger charge is 2.54. The van der Waals surface area contributed by atoms with Crippen LogP contribution in [0.25, 0.3) is 10.9 Å². The van der Waals surface area contributed by atoms with Crippen LogP contribution in [0.1, 0.15) is 53.0 Å². The highest BCUT2D eigenvalue weighted by Crippen LogP contribution is 2.44. The molecule has 0 spiro atoms. The molecule has 1 aromatic carbocycles. The molecule has 1 amide bonds. The van der Waals surface area contributed by atoms with Gasteiger partial charge in [0.25, 0.3) is 0 Å². The van der Waals surface area contributed by atoms with Gasteiger partial charge in [0.1, 0.15) is 11.4 Å². The van der Waals surface area contributed by atoms with Crippen molar-refractivity contribution in [1.29, 1.82) is 0 Å². The number of likely N-dealkylation sites (tertiary alicyclic amines) is 1. The summed E-state index contributed by atoms with van der Waals surface area (Å²) >= 11 is 0. The first-order valence-electron chi connectivity index (χ1n) is 11.7. The fourth-order valence-corrected chi connectivity index (χ4v) is 5.86. The van der Waals surface area contributed by atoms with E-state index in [4.69, 9.17) is 14.2 Å². The van der Waals surface area contributed by atoms with Crippen LogP contribution in [0.3, 0.4) is 0 Å². The molecule has 33 heavy (non-hydrogen) atoms. The van der Waals surface area contributed by atoms with Crippen LogP contribution >= 0.6 is 0 Å². The topological polar surface area (TPSA) is 66.9 Å². The molecule has 4 unspecified atom stereocenters. The van der Waals surface area contributed by atoms with Crippen LogP contribution in [0.5, 0.6) is 0 Å². The second-order valence-corrected chi connectivity index (χ2v) is 16.5. The van der Waals surface area contributed by atoms with E-state index in [9.17, 15) is 9.18 Å². The first kappa shape index (κ1) is 23.9. The monoisotopic (exact) mass is 473 g/mol. The molecular formula is C25H36FN3O3Si. The summed E-state index contributed by atoms with van der Waals surface area (Å²) in [4.78, 5) is 23.1. The molecule has 1 fully saturated rings. The van der Waals surface area contributed by atoms with Gasteiger partial charge in [-0.25, -0.2) is 9.18 Å². The number of hydrogen-bond donors (Lipinski definition) is 1. The summed E-state index contributed by atoms with van der Waals surface area (Å²) in [6.07, 6.45) is 3.30. The normalized spacial score (nSPS) is 25.7. The van der Waals surface area contributed by atoms with Gasteiger partial charge in [0.15, 0.2) is 8.32 Å². The second kappa shape index (κ2) is 7.94. The van der Waals surface area contributed by atoms with Gasteiger partial charge in [0.05, 0.1) is 24.7 Å². The summed E-state index contributed by atoms with van der Waals surface area (Å²) in [6.45, 7) is 17.2. The number of aliphatic imine (C=N–C) groups is 1. The number of H-pyrrole nitrogens is 1. The van der Waals surface area contributed by atoms with E-state index in [1.807, 2.05) is 33.2 Å². The van der Waals surface area contributed by atoms with E-state index in [0.29, 0.717) is 6.54 Å². The third kappa shape index (κ3) is 4.47. The number of carbonyl (C=O) groups excluding carboxylic acids is 1. The number of rotatable bonds is 3. The molecule has 0 bridgehead atoms. The zero-order valence-electron chi connectivity index (χ0n) is 20.9. The maximum Gasteiger partial charge on any atom is 0.410 e. The summed E-state index contributed by atoms with van der Waals surface area (Å²) in [5.41, 5.74) is 1.14. The molecule has 1 aromatic heterocycles. The fourth-order valence-electron chi connectivity index (χ4n) is 4.54. The highest BCUT2D eigenvalue weighted by atomic mass is 28.4. The number of hydrogen-bond acceptors (Lipinski definition) is 4. The Morgan fingerprint density at radius 2 is 1.91 bits per heavy atom. The number of nitrogens with one attached hydrogen (secondary N) is 1. The van der Waals surface area contributed by atoms with Crippen LogP contribution in [0.15, 0.2) is 29.4 Å². The molecule has 2 aromatic rings. The average Bonchev–Trinajstić information content (AvgIpc) is 3.33. The Bertz CT molecular complexity index is 1080. The molecule has 0 saturated carbocycles. The maximum atomic E-state index is 13.7. The summed E-state index contributed by atoms with van der Waals surface area (Å²) < 4.78 is 26.3. The van der Waals surface area contributed by atoms with E-state index in [1.165, 1.54) is 12.1 Å². The molecule has 0 radical (unpaired) electrons. The number of benzene rings is 1. The molecule has 2 aliphatic heterocycles. The zero-order valence-corrected chi connectivity index (χ0v) is 21.9. The number of fused-ring (bicyclic) bond motifs is 2. The minimum absolute atomic E-state index is 0.0461. The van der Waals surface area contributed by atoms with Crippen LogP contribution < -0.4 is 0 Å². The van der Waals surface area contributed by atoms with E-state index >= 15 is 0 Å². The van der Waals surface area contributed by atoms with Gasteiger partial charge in [-0.05, 0) is 62.7 Å². The first-order valence-corrected chi connectivity index (χ1v) is 14.6. The van der Waals surface area contributed by atoms with Gasteiger partial charge in [0, 0.05) is 29.2 Å². The second-order valence-electron chi connectivity index (χ2n) is 11.8. The smallest absolute Gasteiger partial charge is 0.410 e. The van der Waals surface area contributed by atoms with Crippen molar-refractivity contribution in [3.63, 3.8) is 0 Å². The number of aromatic nitrogens is 1. The van der Waals surface area contributed by atoms with Crippen LogP contribution in [0.4, 0.5) is 9.18 Å². The lowest BCUT2D eigenvalue weighted by Gasteiger charge is -2.39. The Balaban J connectivity index is 1.70. The van der Waals surface area contributed by atoms with E-state index in [0.717, 1.165) is 16.5 Å². The Hall–Kier alpha value is -2.19. The molecule has 8 heteroatoms. The van der Waals surface area contributed by atoms with Crippen molar-refractivity contribution in [3.05, 3.63) is 35.8 Å². The van der Waals surface area contributed by atoms with Gasteiger partial charge in [-0.3, -0.25) is 9.89 Å². The number of ether oxygens (including phenoxy) is 1. The number of nitrogens with zero attached hydrogens (tertiary/aromatic N) is 2. The average molecular weight is 474 g/mol. The summed E-state index contributed by atoms with van der Waals surface area (Å²) in [6, 6.07) is 4.37. The number of amides is 1. The Labute approximate surface area is 196 Å². The number of halogens is 1. The standard InChI is InChI=1S/C25H36FN3O3Si/c1-24(2,3)31-23(30)29-14-20(32-33(7,8)25(4,5)6)21-22(29)18(13-28-21)17-12-27-19-11-15(26)9-10-16(17)19/h9-13,18,20-22,27H,14H2,1-8H3. The van der Waals surface area contributed by atoms with Crippen LogP contribution in [-0.2, 0) is 9.16 Å². The molecule has 1 N–H and O–H groups in total. The largest absolute Gasteiger partial charge is 0.444 e. The van der Waals surface area contributed by atoms with Crippen LogP contribution in [0.2, 0.25) is 18.1 Å². The van der Waals surface area contributed by atoms with Crippen molar-refractivity contribution in [1.82, 2.24) is 9.88 Å². The first-order chi connectivity index (χ1) is 15.2. The van der Waals surface area contributed by atoms with E-state index in [1.54, 1.807) is 11.0 Å². The highest BCUT2D eigenvalue weighted by molar-refractivity contribution is 6.74. The van der Waals surface area contributed by atoms with Crippen molar-refractivity contribution < 1.29 is 18.3 Å².